The van der Waals surface area contributed by atoms with Crippen molar-refractivity contribution in [3.05, 3.63) is 35.5 Å². The van der Waals surface area contributed by atoms with Crippen molar-refractivity contribution in [1.29, 1.82) is 0 Å². The van der Waals surface area contributed by atoms with Gasteiger partial charge in [-0.15, -0.1) is 0 Å². The van der Waals surface area contributed by atoms with E-state index >= 15 is 0 Å². The molecule has 3 N–H and O–H groups in total. The average molecular weight is 355 g/mol. The molecule has 0 unspecified atom stereocenters. The number of aromatic amines is 1. The molecule has 0 saturated carbocycles. The molecule has 4 rings (SSSR count). The molecule has 1 aromatic carbocycles. The van der Waals surface area contributed by atoms with E-state index in [9.17, 15) is 4.79 Å². The Bertz CT molecular complexity index is 800. The van der Waals surface area contributed by atoms with Gasteiger partial charge in [0.2, 0.25) is 5.91 Å². The molecule has 2 aliphatic heterocycles. The number of fused-ring (bicyclic) bond motifs is 5. The Balaban J connectivity index is 1.74. The van der Waals surface area contributed by atoms with E-state index < -0.39 is 0 Å². The molecule has 0 spiro atoms. The minimum Gasteiger partial charge on any atom is -0.395 e. The molecule has 0 aliphatic carbocycles. The SMILES string of the molecule is CC[C@@]1(CC(=O)NCCO)CCCN2CCc3c([nH]c4ccccc34)[C@@H]21. The molecule has 0 radical (unpaired) electrons. The summed E-state index contributed by atoms with van der Waals surface area (Å²) in [5, 5.41) is 13.2. The molecule has 1 amide bonds. The maximum Gasteiger partial charge on any atom is 0.220 e. The number of aromatic nitrogens is 1. The molecular formula is C21H29N3O2. The van der Waals surface area contributed by atoms with E-state index in [1.54, 1.807) is 0 Å². The fourth-order valence-electron chi connectivity index (χ4n) is 5.25. The Morgan fingerprint density at radius 3 is 3.04 bits per heavy atom. The highest BCUT2D eigenvalue weighted by Crippen LogP contribution is 2.53. The van der Waals surface area contributed by atoms with Crippen LogP contribution in [0.3, 0.4) is 0 Å². The summed E-state index contributed by atoms with van der Waals surface area (Å²) in [5.74, 6) is 0.0611. The first-order valence-corrected chi connectivity index (χ1v) is 9.89. The van der Waals surface area contributed by atoms with E-state index in [2.05, 4.69) is 46.4 Å². The zero-order chi connectivity index (χ0) is 18.1. The Morgan fingerprint density at radius 1 is 1.38 bits per heavy atom. The predicted molar refractivity (Wildman–Crippen MR) is 103 cm³/mol. The van der Waals surface area contributed by atoms with Gasteiger partial charge < -0.3 is 15.4 Å². The van der Waals surface area contributed by atoms with Crippen molar-refractivity contribution in [3.8, 4) is 0 Å². The van der Waals surface area contributed by atoms with Crippen LogP contribution in [0.2, 0.25) is 0 Å². The van der Waals surface area contributed by atoms with Crippen LogP contribution in [0.25, 0.3) is 10.9 Å². The second-order valence-corrected chi connectivity index (χ2v) is 7.82. The molecule has 1 aromatic heterocycles. The number of piperidine rings is 1. The summed E-state index contributed by atoms with van der Waals surface area (Å²) in [6.07, 6.45) is 4.81. The van der Waals surface area contributed by atoms with E-state index in [1.165, 1.54) is 22.2 Å². The van der Waals surface area contributed by atoms with Crippen molar-refractivity contribution in [2.75, 3.05) is 26.2 Å². The number of nitrogens with one attached hydrogen (secondary N) is 2. The second kappa shape index (κ2) is 7.05. The molecule has 5 nitrogen and oxygen atoms in total. The highest BCUT2D eigenvalue weighted by Gasteiger charge is 2.48. The van der Waals surface area contributed by atoms with Gasteiger partial charge in [-0.25, -0.2) is 0 Å². The predicted octanol–water partition coefficient (Wildman–Crippen LogP) is 2.76. The van der Waals surface area contributed by atoms with Gasteiger partial charge in [0.15, 0.2) is 0 Å². The topological polar surface area (TPSA) is 68.4 Å². The van der Waals surface area contributed by atoms with Crippen LogP contribution in [0.4, 0.5) is 0 Å². The minimum absolute atomic E-state index is 0.00736. The maximum absolute atomic E-state index is 12.5. The van der Waals surface area contributed by atoms with E-state index in [0.717, 1.165) is 38.8 Å². The number of carbonyl (C=O) groups is 1. The van der Waals surface area contributed by atoms with Crippen LogP contribution in [0.5, 0.6) is 0 Å². The molecule has 140 valence electrons. The van der Waals surface area contributed by atoms with Crippen LogP contribution in [0, 0.1) is 5.41 Å². The third-order valence-corrected chi connectivity index (χ3v) is 6.49. The Hall–Kier alpha value is -1.85. The highest BCUT2D eigenvalue weighted by atomic mass is 16.3. The molecule has 3 heterocycles. The minimum atomic E-state index is -0.0478. The third kappa shape index (κ3) is 2.83. The summed E-state index contributed by atoms with van der Waals surface area (Å²) >= 11 is 0. The highest BCUT2D eigenvalue weighted by molar-refractivity contribution is 5.85. The summed E-state index contributed by atoms with van der Waals surface area (Å²) in [5.41, 5.74) is 3.93. The van der Waals surface area contributed by atoms with Gasteiger partial charge in [-0.3, -0.25) is 9.69 Å². The lowest BCUT2D eigenvalue weighted by atomic mass is 9.66. The molecule has 5 heteroatoms. The van der Waals surface area contributed by atoms with Crippen LogP contribution >= 0.6 is 0 Å². The largest absolute Gasteiger partial charge is 0.395 e. The number of para-hydroxylation sites is 1. The normalized spacial score (nSPS) is 25.7. The lowest BCUT2D eigenvalue weighted by Gasteiger charge is -2.51. The molecule has 0 bridgehead atoms. The lowest BCUT2D eigenvalue weighted by Crippen LogP contribution is -2.50. The molecule has 2 aliphatic rings. The monoisotopic (exact) mass is 355 g/mol. The number of benzene rings is 1. The van der Waals surface area contributed by atoms with E-state index in [4.69, 9.17) is 5.11 Å². The third-order valence-electron chi connectivity index (χ3n) is 6.49. The number of aliphatic hydroxyl groups excluding tert-OH is 1. The molecule has 26 heavy (non-hydrogen) atoms. The molecule has 1 fully saturated rings. The molecule has 2 atom stereocenters. The Morgan fingerprint density at radius 2 is 2.23 bits per heavy atom. The maximum atomic E-state index is 12.5. The van der Waals surface area contributed by atoms with Crippen molar-refractivity contribution in [2.24, 2.45) is 5.41 Å². The second-order valence-electron chi connectivity index (χ2n) is 7.82. The Labute approximate surface area is 154 Å². The summed E-state index contributed by atoms with van der Waals surface area (Å²) in [7, 11) is 0. The van der Waals surface area contributed by atoms with E-state index in [0.29, 0.717) is 13.0 Å². The van der Waals surface area contributed by atoms with Gasteiger partial charge in [0.05, 0.1) is 12.6 Å². The van der Waals surface area contributed by atoms with Gasteiger partial charge in [-0.1, -0.05) is 25.1 Å². The number of carbonyl (C=O) groups excluding carboxylic acids is 1. The van der Waals surface area contributed by atoms with E-state index in [1.807, 2.05) is 0 Å². The van der Waals surface area contributed by atoms with Crippen LogP contribution < -0.4 is 5.32 Å². The van der Waals surface area contributed by atoms with Gasteiger partial charge in [0, 0.05) is 41.5 Å². The fraction of sp³-hybridized carbons (Fsp3) is 0.571. The van der Waals surface area contributed by atoms with Crippen LogP contribution in [-0.4, -0.2) is 47.1 Å². The van der Waals surface area contributed by atoms with Crippen molar-refractivity contribution in [3.63, 3.8) is 0 Å². The number of nitrogens with zero attached hydrogens (tertiary/aromatic N) is 1. The smallest absolute Gasteiger partial charge is 0.220 e. The van der Waals surface area contributed by atoms with Crippen molar-refractivity contribution in [2.45, 2.75) is 45.1 Å². The first kappa shape index (κ1) is 17.6. The quantitative estimate of drug-likeness (QED) is 0.772. The number of aliphatic hydroxyl groups is 1. The standard InChI is InChI=1S/C21H29N3O2/c1-2-21(14-18(26)22-10-13-25)9-5-11-24-12-8-16-15-6-3-4-7-17(15)23-19(16)20(21)24/h3-4,6-7,20,23,25H,2,5,8-14H2,1H3,(H,22,26)/t20-,21+/m1/s1. The molecule has 1 saturated heterocycles. The Kier molecular flexibility index (Phi) is 4.76. The van der Waals surface area contributed by atoms with Gasteiger partial charge in [-0.05, 0) is 43.9 Å². The summed E-state index contributed by atoms with van der Waals surface area (Å²) in [4.78, 5) is 18.8. The van der Waals surface area contributed by atoms with Crippen molar-refractivity contribution < 1.29 is 9.90 Å². The summed E-state index contributed by atoms with van der Waals surface area (Å²) in [6, 6.07) is 8.84. The summed E-state index contributed by atoms with van der Waals surface area (Å²) in [6.45, 7) is 4.73. The van der Waals surface area contributed by atoms with Crippen LogP contribution in [0.15, 0.2) is 24.3 Å². The number of amides is 1. The van der Waals surface area contributed by atoms with Crippen molar-refractivity contribution >= 4 is 16.8 Å². The first-order chi connectivity index (χ1) is 12.7. The lowest BCUT2D eigenvalue weighted by molar-refractivity contribution is -0.126. The van der Waals surface area contributed by atoms with Gasteiger partial charge in [-0.2, -0.15) is 0 Å². The van der Waals surface area contributed by atoms with Gasteiger partial charge in [0.25, 0.3) is 0 Å². The van der Waals surface area contributed by atoms with Crippen LogP contribution in [-0.2, 0) is 11.2 Å². The number of H-pyrrole nitrogens is 1. The first-order valence-electron chi connectivity index (χ1n) is 9.89. The summed E-state index contributed by atoms with van der Waals surface area (Å²) < 4.78 is 0. The molecular weight excluding hydrogens is 326 g/mol. The van der Waals surface area contributed by atoms with E-state index in [-0.39, 0.29) is 24.0 Å². The van der Waals surface area contributed by atoms with Crippen LogP contribution in [0.1, 0.15) is 49.9 Å². The zero-order valence-corrected chi connectivity index (χ0v) is 15.6. The van der Waals surface area contributed by atoms with Gasteiger partial charge >= 0.3 is 0 Å². The number of rotatable bonds is 5. The number of hydrogen-bond donors (Lipinski definition) is 3. The zero-order valence-electron chi connectivity index (χ0n) is 15.6. The fourth-order valence-corrected chi connectivity index (χ4v) is 5.25. The van der Waals surface area contributed by atoms with Crippen molar-refractivity contribution in [1.82, 2.24) is 15.2 Å². The van der Waals surface area contributed by atoms with Gasteiger partial charge in [0.1, 0.15) is 0 Å². The average Bonchev–Trinajstić information content (AvgIpc) is 3.05. The molecule has 2 aromatic rings. The number of hydrogen-bond acceptors (Lipinski definition) is 3.